The standard InChI is InChI=1S/C12H22O4/c1-2-10(16-12-6-4-8-14-12)9-15-11-5-3-7-13-11/h10-12H,2-9H2,1H3. The van der Waals surface area contributed by atoms with Crippen molar-refractivity contribution in [2.24, 2.45) is 0 Å². The van der Waals surface area contributed by atoms with Crippen LogP contribution in [0.3, 0.4) is 0 Å². The van der Waals surface area contributed by atoms with Crippen LogP contribution >= 0.6 is 0 Å². The van der Waals surface area contributed by atoms with Gasteiger partial charge in [-0.05, 0) is 19.3 Å². The molecule has 0 bridgehead atoms. The van der Waals surface area contributed by atoms with Crippen molar-refractivity contribution in [3.63, 3.8) is 0 Å². The second-order valence-electron chi connectivity index (χ2n) is 4.38. The Hall–Kier alpha value is -0.160. The molecule has 0 spiro atoms. The SMILES string of the molecule is CCC(COC1CCCO1)OC1CCCO1. The number of hydrogen-bond acceptors (Lipinski definition) is 4. The third-order valence-electron chi connectivity index (χ3n) is 3.04. The fourth-order valence-electron chi connectivity index (χ4n) is 2.02. The number of rotatable bonds is 6. The van der Waals surface area contributed by atoms with Crippen LogP contribution < -0.4 is 0 Å². The van der Waals surface area contributed by atoms with Crippen LogP contribution in [0.5, 0.6) is 0 Å². The first-order valence-corrected chi connectivity index (χ1v) is 6.38. The van der Waals surface area contributed by atoms with Crippen molar-refractivity contribution >= 4 is 0 Å². The van der Waals surface area contributed by atoms with E-state index in [9.17, 15) is 0 Å². The molecule has 16 heavy (non-hydrogen) atoms. The van der Waals surface area contributed by atoms with Gasteiger partial charge in [0.05, 0.1) is 12.7 Å². The zero-order valence-corrected chi connectivity index (χ0v) is 10.0. The molecule has 0 saturated carbocycles. The Kier molecular flexibility index (Phi) is 5.03. The molecular weight excluding hydrogens is 208 g/mol. The second kappa shape index (κ2) is 6.55. The van der Waals surface area contributed by atoms with Crippen LogP contribution in [0.2, 0.25) is 0 Å². The van der Waals surface area contributed by atoms with E-state index >= 15 is 0 Å². The van der Waals surface area contributed by atoms with Crippen molar-refractivity contribution in [2.45, 2.75) is 57.7 Å². The third-order valence-corrected chi connectivity index (χ3v) is 3.04. The molecule has 2 rings (SSSR count). The Bertz CT molecular complexity index is 185. The maximum absolute atomic E-state index is 5.82. The normalized spacial score (nSPS) is 32.1. The molecule has 3 unspecified atom stereocenters. The molecule has 2 aliphatic rings. The first kappa shape index (κ1) is 12.3. The molecule has 4 nitrogen and oxygen atoms in total. The Labute approximate surface area is 97.2 Å². The summed E-state index contributed by atoms with van der Waals surface area (Å²) in [6.07, 6.45) is 5.29. The summed E-state index contributed by atoms with van der Waals surface area (Å²) in [5.74, 6) is 0. The van der Waals surface area contributed by atoms with Crippen LogP contribution in [0.1, 0.15) is 39.0 Å². The molecular formula is C12H22O4. The Morgan fingerprint density at radius 3 is 2.38 bits per heavy atom. The topological polar surface area (TPSA) is 36.9 Å². The largest absolute Gasteiger partial charge is 0.353 e. The highest BCUT2D eigenvalue weighted by Gasteiger charge is 2.22. The zero-order chi connectivity index (χ0) is 11.2. The Morgan fingerprint density at radius 1 is 1.12 bits per heavy atom. The predicted molar refractivity (Wildman–Crippen MR) is 59.1 cm³/mol. The molecule has 2 saturated heterocycles. The molecule has 0 aromatic carbocycles. The van der Waals surface area contributed by atoms with Gasteiger partial charge in [0.15, 0.2) is 12.6 Å². The van der Waals surface area contributed by atoms with Gasteiger partial charge in [-0.15, -0.1) is 0 Å². The van der Waals surface area contributed by atoms with Gasteiger partial charge in [0.1, 0.15) is 0 Å². The highest BCUT2D eigenvalue weighted by molar-refractivity contribution is 4.62. The molecule has 4 heteroatoms. The summed E-state index contributed by atoms with van der Waals surface area (Å²) in [5.41, 5.74) is 0. The molecule has 3 atom stereocenters. The number of hydrogen-bond donors (Lipinski definition) is 0. The fourth-order valence-corrected chi connectivity index (χ4v) is 2.02. The van der Waals surface area contributed by atoms with E-state index in [4.69, 9.17) is 18.9 Å². The lowest BCUT2D eigenvalue weighted by Gasteiger charge is -2.21. The van der Waals surface area contributed by atoms with Crippen molar-refractivity contribution in [1.82, 2.24) is 0 Å². The van der Waals surface area contributed by atoms with Crippen molar-refractivity contribution in [1.29, 1.82) is 0 Å². The second-order valence-corrected chi connectivity index (χ2v) is 4.38. The Morgan fingerprint density at radius 2 is 1.81 bits per heavy atom. The van der Waals surface area contributed by atoms with E-state index in [2.05, 4.69) is 6.92 Å². The average Bonchev–Trinajstić information content (AvgIpc) is 2.97. The van der Waals surface area contributed by atoms with Gasteiger partial charge in [0, 0.05) is 26.1 Å². The van der Waals surface area contributed by atoms with Gasteiger partial charge in [-0.2, -0.15) is 0 Å². The molecule has 2 fully saturated rings. The van der Waals surface area contributed by atoms with Gasteiger partial charge >= 0.3 is 0 Å². The van der Waals surface area contributed by atoms with Gasteiger partial charge in [0.2, 0.25) is 0 Å². The lowest BCUT2D eigenvalue weighted by molar-refractivity contribution is -0.186. The summed E-state index contributed by atoms with van der Waals surface area (Å²) in [4.78, 5) is 0. The summed E-state index contributed by atoms with van der Waals surface area (Å²) in [7, 11) is 0. The molecule has 2 heterocycles. The summed E-state index contributed by atoms with van der Waals surface area (Å²) < 4.78 is 22.3. The number of ether oxygens (including phenoxy) is 4. The van der Waals surface area contributed by atoms with Crippen LogP contribution in [0.4, 0.5) is 0 Å². The van der Waals surface area contributed by atoms with Gasteiger partial charge in [-0.3, -0.25) is 0 Å². The quantitative estimate of drug-likeness (QED) is 0.700. The molecule has 0 aromatic rings. The van der Waals surface area contributed by atoms with E-state index in [-0.39, 0.29) is 18.7 Å². The molecule has 0 aromatic heterocycles. The van der Waals surface area contributed by atoms with Gasteiger partial charge in [-0.25, -0.2) is 0 Å². The smallest absolute Gasteiger partial charge is 0.158 e. The maximum Gasteiger partial charge on any atom is 0.158 e. The van der Waals surface area contributed by atoms with Gasteiger partial charge in [0.25, 0.3) is 0 Å². The minimum Gasteiger partial charge on any atom is -0.353 e. The molecule has 94 valence electrons. The van der Waals surface area contributed by atoms with Crippen LogP contribution in [-0.2, 0) is 18.9 Å². The highest BCUT2D eigenvalue weighted by Crippen LogP contribution is 2.18. The zero-order valence-electron chi connectivity index (χ0n) is 10.0. The van der Waals surface area contributed by atoms with E-state index in [0.717, 1.165) is 45.3 Å². The summed E-state index contributed by atoms with van der Waals surface area (Å²) in [6, 6.07) is 0. The van der Waals surface area contributed by atoms with E-state index in [1.54, 1.807) is 0 Å². The van der Waals surface area contributed by atoms with E-state index in [1.807, 2.05) is 0 Å². The highest BCUT2D eigenvalue weighted by atomic mass is 16.7. The predicted octanol–water partition coefficient (Wildman–Crippen LogP) is 2.07. The minimum absolute atomic E-state index is 0.0119. The van der Waals surface area contributed by atoms with Crippen LogP contribution in [-0.4, -0.2) is 38.5 Å². The van der Waals surface area contributed by atoms with Crippen molar-refractivity contribution < 1.29 is 18.9 Å². The van der Waals surface area contributed by atoms with Crippen LogP contribution in [0.15, 0.2) is 0 Å². The third kappa shape index (κ3) is 3.70. The van der Waals surface area contributed by atoms with Crippen LogP contribution in [0.25, 0.3) is 0 Å². The molecule has 0 radical (unpaired) electrons. The Balaban J connectivity index is 1.63. The van der Waals surface area contributed by atoms with Crippen molar-refractivity contribution in [2.75, 3.05) is 19.8 Å². The molecule has 0 aliphatic carbocycles. The lowest BCUT2D eigenvalue weighted by Crippen LogP contribution is -2.27. The minimum atomic E-state index is -0.0157. The maximum atomic E-state index is 5.82. The molecule has 0 N–H and O–H groups in total. The van der Waals surface area contributed by atoms with Gasteiger partial charge in [-0.1, -0.05) is 6.92 Å². The first-order valence-electron chi connectivity index (χ1n) is 6.38. The average molecular weight is 230 g/mol. The van der Waals surface area contributed by atoms with E-state index in [0.29, 0.717) is 6.61 Å². The lowest BCUT2D eigenvalue weighted by atomic mass is 10.3. The van der Waals surface area contributed by atoms with E-state index < -0.39 is 0 Å². The summed E-state index contributed by atoms with van der Waals surface area (Å²) in [5, 5.41) is 0. The molecule has 2 aliphatic heterocycles. The summed E-state index contributed by atoms with van der Waals surface area (Å²) in [6.45, 7) is 4.38. The molecule has 0 amide bonds. The van der Waals surface area contributed by atoms with E-state index in [1.165, 1.54) is 0 Å². The van der Waals surface area contributed by atoms with Crippen molar-refractivity contribution in [3.8, 4) is 0 Å². The van der Waals surface area contributed by atoms with Gasteiger partial charge < -0.3 is 18.9 Å². The van der Waals surface area contributed by atoms with Crippen LogP contribution in [0, 0.1) is 0 Å². The first-order chi connectivity index (χ1) is 7.88. The fraction of sp³-hybridized carbons (Fsp3) is 1.00. The summed E-state index contributed by atoms with van der Waals surface area (Å²) >= 11 is 0. The van der Waals surface area contributed by atoms with Crippen molar-refractivity contribution in [3.05, 3.63) is 0 Å². The monoisotopic (exact) mass is 230 g/mol.